The maximum atomic E-state index is 11.5. The zero-order valence-electron chi connectivity index (χ0n) is 10.1. The fourth-order valence-electron chi connectivity index (χ4n) is 1.23. The van der Waals surface area contributed by atoms with Crippen molar-refractivity contribution in [2.45, 2.75) is 38.8 Å². The molecule has 3 amide bonds. The molecule has 0 aromatic carbocycles. The van der Waals surface area contributed by atoms with Gasteiger partial charge < -0.3 is 15.9 Å². The van der Waals surface area contributed by atoms with Crippen molar-refractivity contribution in [1.82, 2.24) is 10.4 Å². The molecule has 0 bridgehead atoms. The summed E-state index contributed by atoms with van der Waals surface area (Å²) in [7, 11) is 0. The van der Waals surface area contributed by atoms with Gasteiger partial charge in [-0.15, -0.1) is 5.06 Å². The van der Waals surface area contributed by atoms with Gasteiger partial charge in [-0.3, -0.25) is 14.4 Å². The van der Waals surface area contributed by atoms with Gasteiger partial charge in [0.15, 0.2) is 0 Å². The van der Waals surface area contributed by atoms with Crippen molar-refractivity contribution in [3.8, 4) is 0 Å². The largest absolute Gasteiger partial charge is 0.354 e. The molecule has 1 fully saturated rings. The minimum Gasteiger partial charge on any atom is -0.342 e. The van der Waals surface area contributed by atoms with E-state index in [4.69, 9.17) is 5.73 Å². The van der Waals surface area contributed by atoms with Crippen LogP contribution in [0.5, 0.6) is 0 Å². The molecule has 0 aromatic heterocycles. The average Bonchev–Trinajstić information content (AvgIpc) is 2.60. The van der Waals surface area contributed by atoms with Crippen LogP contribution < -0.4 is 11.1 Å². The molecular weight excluding hydrogens is 242 g/mol. The molecule has 3 N–H and O–H groups in total. The maximum absolute atomic E-state index is 11.5. The second-order valence-corrected chi connectivity index (χ2v) is 4.01. The molecule has 18 heavy (non-hydrogen) atoms. The summed E-state index contributed by atoms with van der Waals surface area (Å²) in [6, 6.07) is -1.76. The summed E-state index contributed by atoms with van der Waals surface area (Å²) in [6.45, 7) is 2.83. The minimum absolute atomic E-state index is 0.0205. The lowest BCUT2D eigenvalue weighted by molar-refractivity contribution is -0.198. The highest BCUT2D eigenvalue weighted by Crippen LogP contribution is 2.12. The first-order chi connectivity index (χ1) is 8.32. The molecular formula is C10H15N3O5. The van der Waals surface area contributed by atoms with Gasteiger partial charge in [0.1, 0.15) is 6.04 Å². The molecule has 1 heterocycles. The van der Waals surface area contributed by atoms with E-state index in [0.717, 1.165) is 0 Å². The third-order valence-electron chi connectivity index (χ3n) is 2.31. The lowest BCUT2D eigenvalue weighted by Gasteiger charge is -2.17. The van der Waals surface area contributed by atoms with E-state index in [1.54, 1.807) is 0 Å². The Hall–Kier alpha value is -1.96. The van der Waals surface area contributed by atoms with Gasteiger partial charge in [-0.2, -0.15) is 0 Å². The number of nitrogens with one attached hydrogen (secondary N) is 1. The summed E-state index contributed by atoms with van der Waals surface area (Å²) in [4.78, 5) is 49.8. The minimum atomic E-state index is -0.996. The molecule has 8 nitrogen and oxygen atoms in total. The van der Waals surface area contributed by atoms with Crippen molar-refractivity contribution in [3.63, 3.8) is 0 Å². The zero-order valence-corrected chi connectivity index (χ0v) is 10.1. The SMILES string of the molecule is CC(N)C(=O)NC(C)C(=O)ON1C(=O)CCC1=O. The topological polar surface area (TPSA) is 119 Å². The van der Waals surface area contributed by atoms with E-state index in [2.05, 4.69) is 10.2 Å². The van der Waals surface area contributed by atoms with E-state index in [-0.39, 0.29) is 12.8 Å². The Labute approximate surface area is 103 Å². The van der Waals surface area contributed by atoms with Crippen LogP contribution >= 0.6 is 0 Å². The first kappa shape index (κ1) is 14.1. The quantitative estimate of drug-likeness (QED) is 0.588. The van der Waals surface area contributed by atoms with Crippen LogP contribution in [0.15, 0.2) is 0 Å². The number of carbonyl (C=O) groups is 4. The number of nitrogens with zero attached hydrogens (tertiary/aromatic N) is 1. The average molecular weight is 257 g/mol. The van der Waals surface area contributed by atoms with Crippen molar-refractivity contribution in [3.05, 3.63) is 0 Å². The number of imide groups is 1. The number of hydrogen-bond donors (Lipinski definition) is 2. The molecule has 0 aliphatic carbocycles. The molecule has 1 rings (SSSR count). The highest BCUT2D eigenvalue weighted by atomic mass is 16.7. The van der Waals surface area contributed by atoms with Crippen LogP contribution in [0.25, 0.3) is 0 Å². The lowest BCUT2D eigenvalue weighted by Crippen LogP contribution is -2.48. The van der Waals surface area contributed by atoms with E-state index < -0.39 is 35.8 Å². The molecule has 0 saturated carbocycles. The summed E-state index contributed by atoms with van der Waals surface area (Å²) >= 11 is 0. The van der Waals surface area contributed by atoms with Gasteiger partial charge in [0.25, 0.3) is 11.8 Å². The Morgan fingerprint density at radius 2 is 1.78 bits per heavy atom. The Kier molecular flexibility index (Phi) is 4.38. The van der Waals surface area contributed by atoms with Crippen LogP contribution in [-0.4, -0.2) is 40.8 Å². The van der Waals surface area contributed by atoms with Gasteiger partial charge in [-0.1, -0.05) is 0 Å². The normalized spacial score (nSPS) is 18.5. The molecule has 1 saturated heterocycles. The molecule has 100 valence electrons. The number of amides is 3. The summed E-state index contributed by atoms with van der Waals surface area (Å²) in [6.07, 6.45) is 0.0410. The molecule has 0 spiro atoms. The molecule has 1 aliphatic rings. The van der Waals surface area contributed by atoms with Crippen molar-refractivity contribution in [2.75, 3.05) is 0 Å². The molecule has 8 heteroatoms. The Bertz CT molecular complexity index is 377. The number of hydroxylamine groups is 2. The fourth-order valence-corrected chi connectivity index (χ4v) is 1.23. The molecule has 2 atom stereocenters. The van der Waals surface area contributed by atoms with E-state index in [1.807, 2.05) is 0 Å². The van der Waals surface area contributed by atoms with Crippen molar-refractivity contribution in [2.24, 2.45) is 5.73 Å². The van der Waals surface area contributed by atoms with Crippen LogP contribution in [-0.2, 0) is 24.0 Å². The third-order valence-corrected chi connectivity index (χ3v) is 2.31. The van der Waals surface area contributed by atoms with Gasteiger partial charge in [0, 0.05) is 12.8 Å². The number of rotatable bonds is 4. The Morgan fingerprint density at radius 3 is 2.22 bits per heavy atom. The number of hydrogen-bond acceptors (Lipinski definition) is 6. The van der Waals surface area contributed by atoms with Crippen molar-refractivity contribution < 1.29 is 24.0 Å². The summed E-state index contributed by atoms with van der Waals surface area (Å²) in [5.74, 6) is -2.57. The van der Waals surface area contributed by atoms with E-state index in [1.165, 1.54) is 13.8 Å². The third kappa shape index (κ3) is 3.27. The number of nitrogens with two attached hydrogens (primary N) is 1. The summed E-state index contributed by atoms with van der Waals surface area (Å²) in [5, 5.41) is 2.72. The Morgan fingerprint density at radius 1 is 1.28 bits per heavy atom. The maximum Gasteiger partial charge on any atom is 0.354 e. The van der Waals surface area contributed by atoms with Crippen molar-refractivity contribution >= 4 is 23.7 Å². The predicted octanol–water partition coefficient (Wildman–Crippen LogP) is -1.55. The monoisotopic (exact) mass is 257 g/mol. The molecule has 1 aliphatic heterocycles. The van der Waals surface area contributed by atoms with Gasteiger partial charge in [-0.25, -0.2) is 4.79 Å². The first-order valence-corrected chi connectivity index (χ1v) is 5.46. The van der Waals surface area contributed by atoms with Gasteiger partial charge >= 0.3 is 5.97 Å². The molecule has 2 unspecified atom stereocenters. The van der Waals surface area contributed by atoms with Crippen LogP contribution in [0.2, 0.25) is 0 Å². The lowest BCUT2D eigenvalue weighted by atomic mass is 10.3. The van der Waals surface area contributed by atoms with Crippen LogP contribution in [0.3, 0.4) is 0 Å². The van der Waals surface area contributed by atoms with Crippen LogP contribution in [0.4, 0.5) is 0 Å². The first-order valence-electron chi connectivity index (χ1n) is 5.46. The standard InChI is InChI=1S/C10H15N3O5/c1-5(11)9(16)12-6(2)10(17)18-13-7(14)3-4-8(13)15/h5-6H,3-4,11H2,1-2H3,(H,12,16). The van der Waals surface area contributed by atoms with Gasteiger partial charge in [0.2, 0.25) is 5.91 Å². The highest BCUT2D eigenvalue weighted by Gasteiger charge is 2.34. The summed E-state index contributed by atoms with van der Waals surface area (Å²) < 4.78 is 0. The molecule has 0 aromatic rings. The van der Waals surface area contributed by atoms with E-state index in [9.17, 15) is 19.2 Å². The number of carbonyl (C=O) groups excluding carboxylic acids is 4. The highest BCUT2D eigenvalue weighted by molar-refractivity contribution is 6.01. The predicted molar refractivity (Wildman–Crippen MR) is 58.4 cm³/mol. The van der Waals surface area contributed by atoms with E-state index >= 15 is 0 Å². The van der Waals surface area contributed by atoms with Gasteiger partial charge in [0.05, 0.1) is 6.04 Å². The Balaban J connectivity index is 2.52. The zero-order chi connectivity index (χ0) is 13.9. The fraction of sp³-hybridized carbons (Fsp3) is 0.600. The van der Waals surface area contributed by atoms with Crippen LogP contribution in [0, 0.1) is 0 Å². The van der Waals surface area contributed by atoms with Crippen LogP contribution in [0.1, 0.15) is 26.7 Å². The smallest absolute Gasteiger partial charge is 0.342 e. The van der Waals surface area contributed by atoms with E-state index in [0.29, 0.717) is 5.06 Å². The second kappa shape index (κ2) is 5.58. The van der Waals surface area contributed by atoms with Gasteiger partial charge in [-0.05, 0) is 13.8 Å². The molecule has 0 radical (unpaired) electrons. The second-order valence-electron chi connectivity index (χ2n) is 4.01. The summed E-state index contributed by atoms with van der Waals surface area (Å²) in [5.41, 5.74) is 5.31. The van der Waals surface area contributed by atoms with Crippen molar-refractivity contribution in [1.29, 1.82) is 0 Å².